The number of rotatable bonds is 3. The van der Waals surface area contributed by atoms with Crippen LogP contribution in [0.1, 0.15) is 27.5 Å². The number of carbonyl (C=O) groups excluding carboxylic acids is 1. The van der Waals surface area contributed by atoms with Gasteiger partial charge in [0, 0.05) is 31.1 Å². The Morgan fingerprint density at radius 2 is 2.04 bits per heavy atom. The molecule has 2 aliphatic heterocycles. The highest BCUT2D eigenvalue weighted by molar-refractivity contribution is 5.95. The second-order valence-corrected chi connectivity index (χ2v) is 7.19. The molecule has 2 aliphatic rings. The van der Waals surface area contributed by atoms with Gasteiger partial charge in [0.15, 0.2) is 11.6 Å². The number of methoxy groups -OCH3 is 1. The van der Waals surface area contributed by atoms with Crippen LogP contribution in [0, 0.1) is 24.6 Å². The Hall–Kier alpha value is -2.40. The van der Waals surface area contributed by atoms with Crippen molar-refractivity contribution in [3.8, 4) is 5.75 Å². The molecule has 0 saturated carbocycles. The maximum absolute atomic E-state index is 13.7. The van der Waals surface area contributed by atoms with E-state index in [1.165, 1.54) is 30.4 Å². The van der Waals surface area contributed by atoms with Crippen LogP contribution in [0.25, 0.3) is 0 Å². The standard InChI is InChI=1S/C21H23FN2O2/c1-13-5-3-4-6-16(13)20-17-11-23-10-15(17)12-24(20)21(25)14-7-8-18(22)19(9-14)26-2/h3-9,15,17,20,23H,10-12H2,1-2H3/t15-,17-,20+/m0/s1. The number of fused-ring (bicyclic) bond motifs is 1. The second-order valence-electron chi connectivity index (χ2n) is 7.19. The molecule has 0 bridgehead atoms. The van der Waals surface area contributed by atoms with Gasteiger partial charge in [0.05, 0.1) is 13.2 Å². The van der Waals surface area contributed by atoms with Crippen LogP contribution >= 0.6 is 0 Å². The molecule has 5 heteroatoms. The fraction of sp³-hybridized carbons (Fsp3) is 0.381. The van der Waals surface area contributed by atoms with Crippen molar-refractivity contribution < 1.29 is 13.9 Å². The minimum absolute atomic E-state index is 0.0414. The van der Waals surface area contributed by atoms with E-state index in [0.717, 1.165) is 19.6 Å². The summed E-state index contributed by atoms with van der Waals surface area (Å²) < 4.78 is 18.8. The number of hydrogen-bond acceptors (Lipinski definition) is 3. The van der Waals surface area contributed by atoms with Crippen LogP contribution in [0.3, 0.4) is 0 Å². The lowest BCUT2D eigenvalue weighted by atomic mass is 9.87. The SMILES string of the molecule is COc1cc(C(=O)N2C[C@@H]3CNC[C@@H]3[C@H]2c2ccccc2C)ccc1F. The molecule has 2 saturated heterocycles. The number of nitrogens with zero attached hydrogens (tertiary/aromatic N) is 1. The largest absolute Gasteiger partial charge is 0.494 e. The zero-order chi connectivity index (χ0) is 18.3. The van der Waals surface area contributed by atoms with E-state index < -0.39 is 5.82 Å². The van der Waals surface area contributed by atoms with Crippen molar-refractivity contribution in [2.24, 2.45) is 11.8 Å². The van der Waals surface area contributed by atoms with Crippen molar-refractivity contribution >= 4 is 5.91 Å². The van der Waals surface area contributed by atoms with Gasteiger partial charge < -0.3 is 15.0 Å². The van der Waals surface area contributed by atoms with E-state index >= 15 is 0 Å². The number of aryl methyl sites for hydroxylation is 1. The smallest absolute Gasteiger partial charge is 0.254 e. The summed E-state index contributed by atoms with van der Waals surface area (Å²) in [5.74, 6) is 0.436. The van der Waals surface area contributed by atoms with Gasteiger partial charge in [-0.3, -0.25) is 4.79 Å². The molecule has 2 aromatic rings. The molecule has 0 unspecified atom stereocenters. The van der Waals surface area contributed by atoms with Crippen LogP contribution in [0.15, 0.2) is 42.5 Å². The highest BCUT2D eigenvalue weighted by Crippen LogP contribution is 2.44. The first kappa shape index (κ1) is 17.0. The van der Waals surface area contributed by atoms with Crippen LogP contribution in [-0.4, -0.2) is 37.6 Å². The Bertz CT molecular complexity index is 839. The predicted molar refractivity (Wildman–Crippen MR) is 97.8 cm³/mol. The molecule has 3 atom stereocenters. The van der Waals surface area contributed by atoms with Crippen molar-refractivity contribution in [2.75, 3.05) is 26.7 Å². The number of nitrogens with one attached hydrogen (secondary N) is 1. The lowest BCUT2D eigenvalue weighted by molar-refractivity contribution is 0.0713. The van der Waals surface area contributed by atoms with Gasteiger partial charge in [0.1, 0.15) is 0 Å². The third-order valence-corrected chi connectivity index (χ3v) is 5.73. The number of benzene rings is 2. The Labute approximate surface area is 153 Å². The van der Waals surface area contributed by atoms with Gasteiger partial charge in [0.2, 0.25) is 0 Å². The molecule has 2 fully saturated rings. The van der Waals surface area contributed by atoms with Gasteiger partial charge >= 0.3 is 0 Å². The second kappa shape index (κ2) is 6.72. The topological polar surface area (TPSA) is 41.6 Å². The number of halogens is 1. The third-order valence-electron chi connectivity index (χ3n) is 5.73. The summed E-state index contributed by atoms with van der Waals surface area (Å²) in [6.45, 7) is 4.66. The van der Waals surface area contributed by atoms with Crippen LogP contribution in [-0.2, 0) is 0 Å². The van der Waals surface area contributed by atoms with Crippen molar-refractivity contribution in [1.82, 2.24) is 10.2 Å². The molecule has 136 valence electrons. The van der Waals surface area contributed by atoms with Crippen LogP contribution in [0.4, 0.5) is 4.39 Å². The Kier molecular flexibility index (Phi) is 4.41. The van der Waals surface area contributed by atoms with Crippen LogP contribution < -0.4 is 10.1 Å². The quantitative estimate of drug-likeness (QED) is 0.921. The van der Waals surface area contributed by atoms with Crippen molar-refractivity contribution in [3.63, 3.8) is 0 Å². The van der Waals surface area contributed by atoms with Gasteiger partial charge in [0.25, 0.3) is 5.91 Å². The number of carbonyl (C=O) groups is 1. The maximum atomic E-state index is 13.7. The molecule has 1 amide bonds. The molecule has 0 aromatic heterocycles. The fourth-order valence-electron chi connectivity index (χ4n) is 4.41. The third kappa shape index (κ3) is 2.76. The summed E-state index contributed by atoms with van der Waals surface area (Å²) in [5, 5.41) is 3.46. The zero-order valence-electron chi connectivity index (χ0n) is 15.0. The number of likely N-dealkylation sites (tertiary alicyclic amines) is 1. The summed E-state index contributed by atoms with van der Waals surface area (Å²) in [6.07, 6.45) is 0. The summed E-state index contributed by atoms with van der Waals surface area (Å²) in [7, 11) is 1.41. The average Bonchev–Trinajstić information content (AvgIpc) is 3.23. The maximum Gasteiger partial charge on any atom is 0.254 e. The molecule has 2 heterocycles. The van der Waals surface area contributed by atoms with Gasteiger partial charge in [-0.15, -0.1) is 0 Å². The zero-order valence-corrected chi connectivity index (χ0v) is 15.0. The Morgan fingerprint density at radius 3 is 2.81 bits per heavy atom. The van der Waals surface area contributed by atoms with Crippen LogP contribution in [0.2, 0.25) is 0 Å². The van der Waals surface area contributed by atoms with E-state index in [1.807, 2.05) is 17.0 Å². The molecule has 26 heavy (non-hydrogen) atoms. The predicted octanol–water partition coefficient (Wildman–Crippen LogP) is 3.18. The van der Waals surface area contributed by atoms with Gasteiger partial charge in [-0.05, 0) is 42.2 Å². The van der Waals surface area contributed by atoms with Gasteiger partial charge in [-0.2, -0.15) is 0 Å². The van der Waals surface area contributed by atoms with Crippen molar-refractivity contribution in [3.05, 3.63) is 65.0 Å². The summed E-state index contributed by atoms with van der Waals surface area (Å²) in [6, 6.07) is 12.6. The number of hydrogen-bond donors (Lipinski definition) is 1. The summed E-state index contributed by atoms with van der Waals surface area (Å²) in [4.78, 5) is 15.2. The first-order valence-electron chi connectivity index (χ1n) is 9.01. The molecule has 4 nitrogen and oxygen atoms in total. The molecule has 0 radical (unpaired) electrons. The summed E-state index contributed by atoms with van der Waals surface area (Å²) in [5.41, 5.74) is 2.86. The van der Waals surface area contributed by atoms with Crippen molar-refractivity contribution in [1.29, 1.82) is 0 Å². The molecular formula is C21H23FN2O2. The molecule has 2 aromatic carbocycles. The molecule has 1 N–H and O–H groups in total. The van der Waals surface area contributed by atoms with Crippen molar-refractivity contribution in [2.45, 2.75) is 13.0 Å². The highest BCUT2D eigenvalue weighted by Gasteiger charge is 2.47. The summed E-state index contributed by atoms with van der Waals surface area (Å²) >= 11 is 0. The number of ether oxygens (including phenoxy) is 1. The van der Waals surface area contributed by atoms with Gasteiger partial charge in [-0.25, -0.2) is 4.39 Å². The lowest BCUT2D eigenvalue weighted by Crippen LogP contribution is -2.35. The highest BCUT2D eigenvalue weighted by atomic mass is 19.1. The van der Waals surface area contributed by atoms with E-state index in [-0.39, 0.29) is 17.7 Å². The molecule has 0 spiro atoms. The Balaban J connectivity index is 1.72. The van der Waals surface area contributed by atoms with E-state index in [0.29, 0.717) is 17.4 Å². The minimum Gasteiger partial charge on any atom is -0.494 e. The van der Waals surface area contributed by atoms with E-state index in [1.54, 1.807) is 6.07 Å². The molecular weight excluding hydrogens is 331 g/mol. The molecule has 0 aliphatic carbocycles. The Morgan fingerprint density at radius 1 is 1.23 bits per heavy atom. The molecule has 4 rings (SSSR count). The average molecular weight is 354 g/mol. The normalized spacial score (nSPS) is 24.6. The number of amides is 1. The van der Waals surface area contributed by atoms with Crippen LogP contribution in [0.5, 0.6) is 5.75 Å². The van der Waals surface area contributed by atoms with E-state index in [4.69, 9.17) is 4.74 Å². The fourth-order valence-corrected chi connectivity index (χ4v) is 4.41. The lowest BCUT2D eigenvalue weighted by Gasteiger charge is -2.29. The van der Waals surface area contributed by atoms with Gasteiger partial charge in [-0.1, -0.05) is 24.3 Å². The van der Waals surface area contributed by atoms with E-state index in [9.17, 15) is 9.18 Å². The monoisotopic (exact) mass is 354 g/mol. The first-order valence-corrected chi connectivity index (χ1v) is 9.01. The first-order chi connectivity index (χ1) is 12.6. The van der Waals surface area contributed by atoms with E-state index in [2.05, 4.69) is 24.4 Å². The minimum atomic E-state index is -0.456.